The van der Waals surface area contributed by atoms with Gasteiger partial charge in [-0.2, -0.15) is 11.8 Å². The first-order valence-corrected chi connectivity index (χ1v) is 7.07. The van der Waals surface area contributed by atoms with Crippen LogP contribution in [-0.4, -0.2) is 34.3 Å². The average Bonchev–Trinajstić information content (AvgIpc) is 2.46. The summed E-state index contributed by atoms with van der Waals surface area (Å²) >= 11 is 2.07. The molecule has 0 aromatic carbocycles. The largest absolute Gasteiger partial charge is 0.390 e. The Morgan fingerprint density at radius 2 is 2.00 bits per heavy atom. The summed E-state index contributed by atoms with van der Waals surface area (Å²) in [5.74, 6) is 1.97. The summed E-state index contributed by atoms with van der Waals surface area (Å²) in [4.78, 5) is 0. The van der Waals surface area contributed by atoms with Gasteiger partial charge in [-0.3, -0.25) is 0 Å². The number of thioether (sulfide) groups is 1. The van der Waals surface area contributed by atoms with Crippen molar-refractivity contribution in [1.82, 2.24) is 5.32 Å². The highest BCUT2D eigenvalue weighted by Crippen LogP contribution is 2.46. The van der Waals surface area contributed by atoms with Crippen LogP contribution in [-0.2, 0) is 0 Å². The first-order valence-electron chi connectivity index (χ1n) is 6.09. The molecule has 2 nitrogen and oxygen atoms in total. The molecule has 2 fully saturated rings. The van der Waals surface area contributed by atoms with E-state index in [1.54, 1.807) is 0 Å². The summed E-state index contributed by atoms with van der Waals surface area (Å²) in [6.07, 6.45) is 4.16. The van der Waals surface area contributed by atoms with Crippen LogP contribution in [0, 0.1) is 5.92 Å². The topological polar surface area (TPSA) is 32.3 Å². The molecular formula is C12H23NOS. The van der Waals surface area contributed by atoms with Crippen molar-refractivity contribution in [3.8, 4) is 0 Å². The van der Waals surface area contributed by atoms with Crippen molar-refractivity contribution in [3.63, 3.8) is 0 Å². The van der Waals surface area contributed by atoms with E-state index in [2.05, 4.69) is 30.9 Å². The van der Waals surface area contributed by atoms with Gasteiger partial charge in [-0.1, -0.05) is 13.8 Å². The zero-order valence-electron chi connectivity index (χ0n) is 9.88. The molecule has 0 aromatic heterocycles. The third-order valence-electron chi connectivity index (χ3n) is 4.08. The van der Waals surface area contributed by atoms with Gasteiger partial charge in [0.15, 0.2) is 0 Å². The second-order valence-corrected chi connectivity index (χ2v) is 7.37. The summed E-state index contributed by atoms with van der Waals surface area (Å²) in [7, 11) is 0. The Hall–Kier alpha value is 0.270. The van der Waals surface area contributed by atoms with E-state index in [1.165, 1.54) is 12.2 Å². The van der Waals surface area contributed by atoms with Crippen LogP contribution < -0.4 is 5.32 Å². The molecule has 1 atom stereocenters. The Labute approximate surface area is 97.2 Å². The number of hydrogen-bond acceptors (Lipinski definition) is 3. The van der Waals surface area contributed by atoms with Gasteiger partial charge < -0.3 is 10.4 Å². The fourth-order valence-electron chi connectivity index (χ4n) is 2.83. The van der Waals surface area contributed by atoms with Crippen molar-refractivity contribution in [2.75, 3.05) is 18.8 Å². The van der Waals surface area contributed by atoms with E-state index in [9.17, 15) is 5.11 Å². The molecule has 2 rings (SSSR count). The van der Waals surface area contributed by atoms with E-state index >= 15 is 0 Å². The summed E-state index contributed by atoms with van der Waals surface area (Å²) in [6.45, 7) is 6.63. The summed E-state index contributed by atoms with van der Waals surface area (Å²) in [5, 5.41) is 13.8. The standard InChI is InChI=1S/C12H23NOS/c1-11(2)10(3-8-15-11)9-12(14)4-6-13-7-5-12/h10,13-14H,3-9H2,1-2H3. The smallest absolute Gasteiger partial charge is 0.0675 e. The quantitative estimate of drug-likeness (QED) is 0.760. The lowest BCUT2D eigenvalue weighted by Gasteiger charge is -2.38. The highest BCUT2D eigenvalue weighted by Gasteiger charge is 2.41. The first-order chi connectivity index (χ1) is 7.02. The first kappa shape index (κ1) is 11.7. The van der Waals surface area contributed by atoms with E-state index < -0.39 is 0 Å². The maximum atomic E-state index is 10.5. The number of nitrogens with one attached hydrogen (secondary N) is 1. The second-order valence-electron chi connectivity index (χ2n) is 5.62. The van der Waals surface area contributed by atoms with Crippen molar-refractivity contribution in [1.29, 1.82) is 0 Å². The van der Waals surface area contributed by atoms with Crippen LogP contribution >= 0.6 is 11.8 Å². The van der Waals surface area contributed by atoms with Gasteiger partial charge in [-0.25, -0.2) is 0 Å². The monoisotopic (exact) mass is 229 g/mol. The van der Waals surface area contributed by atoms with Gasteiger partial charge in [0.2, 0.25) is 0 Å². The molecule has 1 unspecified atom stereocenters. The summed E-state index contributed by atoms with van der Waals surface area (Å²) < 4.78 is 0.376. The minimum absolute atomic E-state index is 0.376. The van der Waals surface area contributed by atoms with Crippen molar-refractivity contribution in [2.45, 2.75) is 49.9 Å². The molecule has 0 saturated carbocycles. The van der Waals surface area contributed by atoms with Crippen LogP contribution in [0.4, 0.5) is 0 Å². The Kier molecular flexibility index (Phi) is 3.34. The molecule has 0 spiro atoms. The fraction of sp³-hybridized carbons (Fsp3) is 1.00. The number of aliphatic hydroxyl groups is 1. The molecule has 2 heterocycles. The molecule has 0 amide bonds. The lowest BCUT2D eigenvalue weighted by Crippen LogP contribution is -2.44. The number of rotatable bonds is 2. The van der Waals surface area contributed by atoms with Crippen molar-refractivity contribution < 1.29 is 5.11 Å². The predicted molar refractivity (Wildman–Crippen MR) is 66.3 cm³/mol. The Bertz CT molecular complexity index is 224. The molecule has 0 aliphatic carbocycles. The molecule has 88 valence electrons. The molecule has 2 saturated heterocycles. The fourth-order valence-corrected chi connectivity index (χ4v) is 4.20. The molecule has 0 bridgehead atoms. The van der Waals surface area contributed by atoms with Gasteiger partial charge in [0.1, 0.15) is 0 Å². The minimum Gasteiger partial charge on any atom is -0.390 e. The Balaban J connectivity index is 1.95. The lowest BCUT2D eigenvalue weighted by molar-refractivity contribution is -0.0146. The van der Waals surface area contributed by atoms with Gasteiger partial charge in [-0.05, 0) is 50.4 Å². The summed E-state index contributed by atoms with van der Waals surface area (Å²) in [6, 6.07) is 0. The van der Waals surface area contributed by atoms with E-state index in [-0.39, 0.29) is 5.60 Å². The highest BCUT2D eigenvalue weighted by molar-refractivity contribution is 8.00. The van der Waals surface area contributed by atoms with Gasteiger partial charge in [0.05, 0.1) is 5.60 Å². The molecular weight excluding hydrogens is 206 g/mol. The maximum Gasteiger partial charge on any atom is 0.0675 e. The van der Waals surface area contributed by atoms with Crippen molar-refractivity contribution in [3.05, 3.63) is 0 Å². The number of piperidine rings is 1. The van der Waals surface area contributed by atoms with Gasteiger partial charge in [0.25, 0.3) is 0 Å². The van der Waals surface area contributed by atoms with Crippen LogP contribution in [0.5, 0.6) is 0 Å². The number of hydrogen-bond donors (Lipinski definition) is 2. The SMILES string of the molecule is CC1(C)SCCC1CC1(O)CCNCC1. The Morgan fingerprint density at radius 1 is 1.33 bits per heavy atom. The van der Waals surface area contributed by atoms with E-state index in [1.807, 2.05) is 0 Å². The predicted octanol–water partition coefficient (Wildman–Crippen LogP) is 2.02. The van der Waals surface area contributed by atoms with Gasteiger partial charge in [0, 0.05) is 4.75 Å². The van der Waals surface area contributed by atoms with Crippen molar-refractivity contribution >= 4 is 11.8 Å². The lowest BCUT2D eigenvalue weighted by atomic mass is 9.78. The second kappa shape index (κ2) is 4.27. The average molecular weight is 229 g/mol. The molecule has 2 aliphatic rings. The van der Waals surface area contributed by atoms with Crippen molar-refractivity contribution in [2.24, 2.45) is 5.92 Å². The molecule has 0 aromatic rings. The van der Waals surface area contributed by atoms with E-state index in [4.69, 9.17) is 0 Å². The molecule has 0 radical (unpaired) electrons. The third-order valence-corrected chi connectivity index (χ3v) is 5.60. The molecule has 2 aliphatic heterocycles. The van der Waals surface area contributed by atoms with Crippen LogP contribution in [0.1, 0.15) is 39.5 Å². The molecule has 3 heteroatoms. The molecule has 2 N–H and O–H groups in total. The van der Waals surface area contributed by atoms with Crippen LogP contribution in [0.2, 0.25) is 0 Å². The summed E-state index contributed by atoms with van der Waals surface area (Å²) in [5.41, 5.74) is -0.377. The van der Waals surface area contributed by atoms with Crippen LogP contribution in [0.15, 0.2) is 0 Å². The van der Waals surface area contributed by atoms with Gasteiger partial charge in [-0.15, -0.1) is 0 Å². The van der Waals surface area contributed by atoms with Gasteiger partial charge >= 0.3 is 0 Å². The maximum absolute atomic E-state index is 10.5. The zero-order chi connectivity index (χ0) is 10.9. The molecule has 15 heavy (non-hydrogen) atoms. The van der Waals surface area contributed by atoms with Crippen LogP contribution in [0.25, 0.3) is 0 Å². The normalized spacial score (nSPS) is 34.2. The van der Waals surface area contributed by atoms with E-state index in [0.29, 0.717) is 10.7 Å². The Morgan fingerprint density at radius 3 is 2.53 bits per heavy atom. The van der Waals surface area contributed by atoms with Crippen LogP contribution in [0.3, 0.4) is 0 Å². The minimum atomic E-state index is -0.377. The zero-order valence-corrected chi connectivity index (χ0v) is 10.7. The highest BCUT2D eigenvalue weighted by atomic mass is 32.2. The van der Waals surface area contributed by atoms with E-state index in [0.717, 1.165) is 32.4 Å². The third kappa shape index (κ3) is 2.69.